The highest BCUT2D eigenvalue weighted by Crippen LogP contribution is 2.18. The van der Waals surface area contributed by atoms with Crippen LogP contribution in [0.1, 0.15) is 37.4 Å². The number of carbonyl (C=O) groups excluding carboxylic acids is 2. The fraction of sp³-hybridized carbons (Fsp3) is 0.263. The zero-order valence-electron chi connectivity index (χ0n) is 13.5. The Morgan fingerprint density at radius 1 is 1.04 bits per heavy atom. The summed E-state index contributed by atoms with van der Waals surface area (Å²) in [6.07, 6.45) is 1.11. The summed E-state index contributed by atoms with van der Waals surface area (Å²) in [5.41, 5.74) is 2.87. The zero-order valence-corrected chi connectivity index (χ0v) is 13.5. The van der Waals surface area contributed by atoms with Crippen molar-refractivity contribution in [2.24, 2.45) is 0 Å². The number of benzene rings is 2. The van der Waals surface area contributed by atoms with Gasteiger partial charge in [-0.3, -0.25) is 9.59 Å². The summed E-state index contributed by atoms with van der Waals surface area (Å²) in [6, 6.07) is 17.0. The van der Waals surface area contributed by atoms with E-state index in [0.717, 1.165) is 17.7 Å². The Kier molecular flexibility index (Phi) is 5.92. The van der Waals surface area contributed by atoms with E-state index >= 15 is 0 Å². The van der Waals surface area contributed by atoms with Gasteiger partial charge < -0.3 is 10.6 Å². The minimum Gasteiger partial charge on any atom is -0.349 e. The van der Waals surface area contributed by atoms with Crippen molar-refractivity contribution in [2.75, 3.05) is 5.32 Å². The van der Waals surface area contributed by atoms with E-state index < -0.39 is 0 Å². The van der Waals surface area contributed by atoms with Crippen LogP contribution in [-0.4, -0.2) is 11.8 Å². The van der Waals surface area contributed by atoms with Gasteiger partial charge in [-0.25, -0.2) is 0 Å². The fourth-order valence-corrected chi connectivity index (χ4v) is 2.45. The Bertz CT molecular complexity index is 668. The van der Waals surface area contributed by atoms with Crippen LogP contribution in [0.2, 0.25) is 0 Å². The normalized spacial score (nSPS) is 11.6. The second kappa shape index (κ2) is 8.13. The number of anilines is 1. The van der Waals surface area contributed by atoms with Gasteiger partial charge in [-0.15, -0.1) is 0 Å². The minimum atomic E-state index is -0.331. The molecule has 0 saturated heterocycles. The third-order valence-electron chi connectivity index (χ3n) is 3.59. The molecular formula is C19H22N2O2. The van der Waals surface area contributed by atoms with Crippen molar-refractivity contribution in [1.29, 1.82) is 0 Å². The van der Waals surface area contributed by atoms with Crippen LogP contribution in [0.4, 0.5) is 5.69 Å². The van der Waals surface area contributed by atoms with E-state index in [1.54, 1.807) is 0 Å². The van der Waals surface area contributed by atoms with Crippen molar-refractivity contribution >= 4 is 17.5 Å². The number of carbonyl (C=O) groups is 2. The Hall–Kier alpha value is -2.62. The van der Waals surface area contributed by atoms with Crippen molar-refractivity contribution < 1.29 is 9.59 Å². The number of rotatable bonds is 6. The molecule has 2 aromatic carbocycles. The molecule has 0 fully saturated rings. The van der Waals surface area contributed by atoms with E-state index in [1.807, 2.05) is 54.6 Å². The largest absolute Gasteiger partial charge is 0.349 e. The highest BCUT2D eigenvalue weighted by Gasteiger charge is 2.17. The van der Waals surface area contributed by atoms with Crippen LogP contribution in [0.3, 0.4) is 0 Å². The lowest BCUT2D eigenvalue weighted by molar-refractivity contribution is -0.120. The predicted molar refractivity (Wildman–Crippen MR) is 92.1 cm³/mol. The van der Waals surface area contributed by atoms with Gasteiger partial charge in [0.25, 0.3) is 0 Å². The number of nitrogens with one attached hydrogen (secondary N) is 2. The summed E-state index contributed by atoms with van der Waals surface area (Å²) in [4.78, 5) is 23.7. The third kappa shape index (κ3) is 5.25. The molecule has 0 aromatic heterocycles. The molecule has 0 saturated carbocycles. The number of hydrogen-bond acceptors (Lipinski definition) is 2. The molecule has 2 amide bonds. The smallest absolute Gasteiger partial charge is 0.226 e. The number of amides is 2. The summed E-state index contributed by atoms with van der Waals surface area (Å²) in [5, 5.41) is 5.74. The highest BCUT2D eigenvalue weighted by molar-refractivity contribution is 5.91. The quantitative estimate of drug-likeness (QED) is 0.858. The lowest BCUT2D eigenvalue weighted by Crippen LogP contribution is -2.29. The van der Waals surface area contributed by atoms with Crippen molar-refractivity contribution in [3.8, 4) is 0 Å². The Morgan fingerprint density at radius 3 is 2.43 bits per heavy atom. The first kappa shape index (κ1) is 16.7. The van der Waals surface area contributed by atoms with Crippen molar-refractivity contribution in [1.82, 2.24) is 5.32 Å². The fourth-order valence-electron chi connectivity index (χ4n) is 2.45. The first-order chi connectivity index (χ1) is 11.1. The van der Waals surface area contributed by atoms with Gasteiger partial charge in [0.2, 0.25) is 11.8 Å². The van der Waals surface area contributed by atoms with E-state index in [1.165, 1.54) is 12.5 Å². The van der Waals surface area contributed by atoms with Crippen LogP contribution in [0.25, 0.3) is 0 Å². The molecule has 1 atom stereocenters. The molecule has 0 spiro atoms. The SMILES string of the molecule is CCc1cccc(NC(=O)CC(NC(C)=O)c2ccccc2)c1. The zero-order chi connectivity index (χ0) is 16.7. The van der Waals surface area contributed by atoms with Gasteiger partial charge in [-0.05, 0) is 29.7 Å². The van der Waals surface area contributed by atoms with Crippen LogP contribution < -0.4 is 10.6 Å². The van der Waals surface area contributed by atoms with Crippen LogP contribution in [0.15, 0.2) is 54.6 Å². The molecule has 4 heteroatoms. The van der Waals surface area contributed by atoms with Gasteiger partial charge in [0.1, 0.15) is 0 Å². The summed E-state index contributed by atoms with van der Waals surface area (Å²) >= 11 is 0. The molecule has 0 heterocycles. The van der Waals surface area contributed by atoms with E-state index in [4.69, 9.17) is 0 Å². The molecule has 0 aliphatic carbocycles. The first-order valence-electron chi connectivity index (χ1n) is 7.79. The molecule has 4 nitrogen and oxygen atoms in total. The number of hydrogen-bond donors (Lipinski definition) is 2. The summed E-state index contributed by atoms with van der Waals surface area (Å²) in [6.45, 7) is 3.53. The summed E-state index contributed by atoms with van der Waals surface area (Å²) < 4.78 is 0. The minimum absolute atomic E-state index is 0.124. The molecule has 0 bridgehead atoms. The standard InChI is InChI=1S/C19H22N2O2/c1-3-15-8-7-11-17(12-15)21-19(23)13-18(20-14(2)22)16-9-5-4-6-10-16/h4-12,18H,3,13H2,1-2H3,(H,20,22)(H,21,23). The summed E-state index contributed by atoms with van der Waals surface area (Å²) in [7, 11) is 0. The second-order valence-corrected chi connectivity index (χ2v) is 5.47. The van der Waals surface area contributed by atoms with E-state index in [0.29, 0.717) is 0 Å². The Morgan fingerprint density at radius 2 is 1.78 bits per heavy atom. The lowest BCUT2D eigenvalue weighted by Gasteiger charge is -2.18. The van der Waals surface area contributed by atoms with Crippen LogP contribution in [0, 0.1) is 0 Å². The maximum Gasteiger partial charge on any atom is 0.226 e. The molecule has 0 aliphatic heterocycles. The van der Waals surface area contributed by atoms with Crippen LogP contribution >= 0.6 is 0 Å². The Labute approximate surface area is 136 Å². The van der Waals surface area contributed by atoms with Crippen molar-refractivity contribution in [2.45, 2.75) is 32.7 Å². The summed E-state index contributed by atoms with van der Waals surface area (Å²) in [5.74, 6) is -0.277. The average Bonchev–Trinajstić information content (AvgIpc) is 2.54. The molecule has 2 aromatic rings. The second-order valence-electron chi connectivity index (χ2n) is 5.47. The molecule has 120 valence electrons. The number of aryl methyl sites for hydroxylation is 1. The van der Waals surface area contributed by atoms with Crippen LogP contribution in [0.5, 0.6) is 0 Å². The van der Waals surface area contributed by atoms with Crippen molar-refractivity contribution in [3.05, 3.63) is 65.7 Å². The molecule has 0 radical (unpaired) electrons. The molecule has 2 rings (SSSR count). The van der Waals surface area contributed by atoms with Crippen LogP contribution in [-0.2, 0) is 16.0 Å². The van der Waals surface area contributed by atoms with Gasteiger partial charge in [-0.1, -0.05) is 49.4 Å². The van der Waals surface area contributed by atoms with Gasteiger partial charge in [0.15, 0.2) is 0 Å². The maximum absolute atomic E-state index is 12.3. The molecule has 0 aliphatic rings. The predicted octanol–water partition coefficient (Wildman–Crippen LogP) is 3.46. The average molecular weight is 310 g/mol. The highest BCUT2D eigenvalue weighted by atomic mass is 16.2. The third-order valence-corrected chi connectivity index (χ3v) is 3.59. The lowest BCUT2D eigenvalue weighted by atomic mass is 10.0. The topological polar surface area (TPSA) is 58.2 Å². The van der Waals surface area contributed by atoms with Gasteiger partial charge in [-0.2, -0.15) is 0 Å². The first-order valence-corrected chi connectivity index (χ1v) is 7.79. The van der Waals surface area contributed by atoms with Gasteiger partial charge >= 0.3 is 0 Å². The monoisotopic (exact) mass is 310 g/mol. The van der Waals surface area contributed by atoms with E-state index in [-0.39, 0.29) is 24.3 Å². The molecule has 1 unspecified atom stereocenters. The molecular weight excluding hydrogens is 288 g/mol. The van der Waals surface area contributed by atoms with E-state index in [2.05, 4.69) is 17.6 Å². The molecule has 23 heavy (non-hydrogen) atoms. The maximum atomic E-state index is 12.3. The molecule has 2 N–H and O–H groups in total. The Balaban J connectivity index is 2.06. The van der Waals surface area contributed by atoms with Crippen molar-refractivity contribution in [3.63, 3.8) is 0 Å². The van der Waals surface area contributed by atoms with E-state index in [9.17, 15) is 9.59 Å². The van der Waals surface area contributed by atoms with Gasteiger partial charge in [0, 0.05) is 12.6 Å². The van der Waals surface area contributed by atoms with Gasteiger partial charge in [0.05, 0.1) is 12.5 Å².